The Morgan fingerprint density at radius 1 is 0.905 bits per heavy atom. The Bertz CT molecular complexity index is 521. The van der Waals surface area contributed by atoms with Crippen LogP contribution in [0.4, 0.5) is 0 Å². The maximum absolute atomic E-state index is 12.1. The van der Waals surface area contributed by atoms with Crippen LogP contribution in [0.3, 0.4) is 0 Å². The summed E-state index contributed by atoms with van der Waals surface area (Å²) < 4.78 is 16.0. The molecule has 1 fully saturated rings. The van der Waals surface area contributed by atoms with Gasteiger partial charge in [-0.2, -0.15) is 0 Å². The Morgan fingerprint density at radius 3 is 2.10 bits per heavy atom. The number of ether oxygens (including phenoxy) is 3. The van der Waals surface area contributed by atoms with E-state index in [9.17, 15) is 4.79 Å². The van der Waals surface area contributed by atoms with Crippen molar-refractivity contribution in [3.05, 3.63) is 23.3 Å². The second-order valence-corrected chi connectivity index (χ2v) is 5.11. The third-order valence-electron chi connectivity index (χ3n) is 3.74. The molecule has 0 heterocycles. The Labute approximate surface area is 125 Å². The summed E-state index contributed by atoms with van der Waals surface area (Å²) in [5.74, 6) is 2.02. The quantitative estimate of drug-likeness (QED) is 0.627. The van der Waals surface area contributed by atoms with E-state index in [1.807, 2.05) is 18.2 Å². The highest BCUT2D eigenvalue weighted by Gasteiger charge is 2.16. The minimum absolute atomic E-state index is 0.251. The lowest BCUT2D eigenvalue weighted by atomic mass is 10.0. The second-order valence-electron chi connectivity index (χ2n) is 5.11. The molecule has 4 nitrogen and oxygen atoms in total. The van der Waals surface area contributed by atoms with Crippen LogP contribution in [0.5, 0.6) is 17.2 Å². The fourth-order valence-electron chi connectivity index (χ4n) is 2.62. The van der Waals surface area contributed by atoms with Crippen molar-refractivity contribution >= 4 is 11.9 Å². The monoisotopic (exact) mass is 290 g/mol. The average molecular weight is 290 g/mol. The van der Waals surface area contributed by atoms with Gasteiger partial charge in [0.15, 0.2) is 17.3 Å². The molecule has 0 atom stereocenters. The predicted molar refractivity (Wildman–Crippen MR) is 82.2 cm³/mol. The zero-order valence-corrected chi connectivity index (χ0v) is 12.9. The van der Waals surface area contributed by atoms with Crippen LogP contribution >= 0.6 is 0 Å². The molecule has 4 heteroatoms. The predicted octanol–water partition coefficient (Wildman–Crippen LogP) is 3.63. The molecule has 0 aromatic heterocycles. The third-order valence-corrected chi connectivity index (χ3v) is 3.74. The maximum Gasteiger partial charge on any atom is 0.203 e. The van der Waals surface area contributed by atoms with Crippen LogP contribution in [0.2, 0.25) is 0 Å². The summed E-state index contributed by atoms with van der Waals surface area (Å²) in [4.78, 5) is 12.1. The molecular weight excluding hydrogens is 268 g/mol. The normalized spacial score (nSPS) is 17.5. The molecule has 0 unspecified atom stereocenters. The lowest BCUT2D eigenvalue weighted by molar-refractivity contribution is -0.115. The molecule has 0 bridgehead atoms. The number of carbonyl (C=O) groups excluding carboxylic acids is 1. The zero-order valence-electron chi connectivity index (χ0n) is 12.9. The Morgan fingerprint density at radius 2 is 1.52 bits per heavy atom. The van der Waals surface area contributed by atoms with Crippen molar-refractivity contribution in [2.24, 2.45) is 0 Å². The minimum atomic E-state index is 0.251. The molecule has 114 valence electrons. The van der Waals surface area contributed by atoms with Gasteiger partial charge >= 0.3 is 0 Å². The second kappa shape index (κ2) is 7.16. The first-order valence-electron chi connectivity index (χ1n) is 7.23. The standard InChI is InChI=1S/C17H22O4/c1-19-15-10-12(11-16(20-2)17(15)21-3)9-13-7-5-4-6-8-14(13)18/h9-11H,4-8H2,1-3H3/b13-9+. The summed E-state index contributed by atoms with van der Waals surface area (Å²) >= 11 is 0. The van der Waals surface area contributed by atoms with Crippen molar-refractivity contribution in [3.63, 3.8) is 0 Å². The van der Waals surface area contributed by atoms with E-state index in [4.69, 9.17) is 14.2 Å². The summed E-state index contributed by atoms with van der Waals surface area (Å²) in [5, 5.41) is 0. The van der Waals surface area contributed by atoms with Crippen LogP contribution in [0, 0.1) is 0 Å². The van der Waals surface area contributed by atoms with E-state index in [0.717, 1.165) is 36.8 Å². The molecule has 0 aliphatic heterocycles. The molecule has 0 radical (unpaired) electrons. The van der Waals surface area contributed by atoms with Crippen LogP contribution in [0.1, 0.15) is 37.7 Å². The summed E-state index contributed by atoms with van der Waals surface area (Å²) in [5.41, 5.74) is 1.79. The summed E-state index contributed by atoms with van der Waals surface area (Å²) in [6, 6.07) is 3.74. The van der Waals surface area contributed by atoms with E-state index in [2.05, 4.69) is 0 Å². The Balaban J connectivity index is 2.41. The van der Waals surface area contributed by atoms with Gasteiger partial charge in [-0.15, -0.1) is 0 Å². The van der Waals surface area contributed by atoms with Crippen molar-refractivity contribution in [2.75, 3.05) is 21.3 Å². The number of Topliss-reactive ketones (excluding diaryl/α,β-unsaturated/α-hetero) is 1. The van der Waals surface area contributed by atoms with E-state index in [0.29, 0.717) is 23.7 Å². The molecule has 1 aliphatic rings. The fraction of sp³-hybridized carbons (Fsp3) is 0.471. The number of ketones is 1. The number of rotatable bonds is 4. The molecule has 1 saturated carbocycles. The van der Waals surface area contributed by atoms with Gasteiger partial charge in [-0.3, -0.25) is 4.79 Å². The zero-order chi connectivity index (χ0) is 15.2. The number of methoxy groups -OCH3 is 3. The van der Waals surface area contributed by atoms with Crippen molar-refractivity contribution in [3.8, 4) is 17.2 Å². The number of allylic oxidation sites excluding steroid dienone is 1. The molecule has 1 aromatic rings. The van der Waals surface area contributed by atoms with Crippen LogP contribution < -0.4 is 14.2 Å². The van der Waals surface area contributed by atoms with Crippen molar-refractivity contribution in [1.29, 1.82) is 0 Å². The maximum atomic E-state index is 12.1. The van der Waals surface area contributed by atoms with Gasteiger partial charge in [0.2, 0.25) is 5.75 Å². The third kappa shape index (κ3) is 3.57. The van der Waals surface area contributed by atoms with Crippen LogP contribution in [0.25, 0.3) is 6.08 Å². The van der Waals surface area contributed by atoms with Crippen molar-refractivity contribution < 1.29 is 19.0 Å². The van der Waals surface area contributed by atoms with E-state index < -0.39 is 0 Å². The Kier molecular flexibility index (Phi) is 5.26. The van der Waals surface area contributed by atoms with Crippen LogP contribution in [-0.4, -0.2) is 27.1 Å². The molecule has 1 aliphatic carbocycles. The molecule has 0 N–H and O–H groups in total. The van der Waals surface area contributed by atoms with Gasteiger partial charge < -0.3 is 14.2 Å². The first kappa shape index (κ1) is 15.4. The van der Waals surface area contributed by atoms with Gasteiger partial charge in [0.05, 0.1) is 21.3 Å². The van der Waals surface area contributed by atoms with Gasteiger partial charge in [-0.1, -0.05) is 6.42 Å². The first-order valence-corrected chi connectivity index (χ1v) is 7.23. The molecule has 0 saturated heterocycles. The SMILES string of the molecule is COc1cc(/C=C2\CCCCCC2=O)cc(OC)c1OC. The van der Waals surface area contributed by atoms with Crippen LogP contribution in [0.15, 0.2) is 17.7 Å². The van der Waals surface area contributed by atoms with Gasteiger partial charge in [-0.05, 0) is 48.6 Å². The van der Waals surface area contributed by atoms with Gasteiger partial charge in [0, 0.05) is 6.42 Å². The number of benzene rings is 1. The largest absolute Gasteiger partial charge is 0.493 e. The summed E-state index contributed by atoms with van der Waals surface area (Å²) in [7, 11) is 4.75. The average Bonchev–Trinajstić information content (AvgIpc) is 2.71. The van der Waals surface area contributed by atoms with Crippen molar-refractivity contribution in [2.45, 2.75) is 32.1 Å². The highest BCUT2D eigenvalue weighted by Crippen LogP contribution is 2.39. The number of hydrogen-bond donors (Lipinski definition) is 0. The van der Waals surface area contributed by atoms with Crippen molar-refractivity contribution in [1.82, 2.24) is 0 Å². The van der Waals surface area contributed by atoms with E-state index in [1.165, 1.54) is 0 Å². The van der Waals surface area contributed by atoms with Gasteiger partial charge in [0.1, 0.15) is 0 Å². The molecule has 21 heavy (non-hydrogen) atoms. The van der Waals surface area contributed by atoms with Crippen LogP contribution in [-0.2, 0) is 4.79 Å². The lowest BCUT2D eigenvalue weighted by Crippen LogP contribution is -2.00. The van der Waals surface area contributed by atoms with E-state index in [1.54, 1.807) is 21.3 Å². The fourth-order valence-corrected chi connectivity index (χ4v) is 2.62. The molecular formula is C17H22O4. The smallest absolute Gasteiger partial charge is 0.203 e. The molecule has 0 spiro atoms. The highest BCUT2D eigenvalue weighted by atomic mass is 16.5. The Hall–Kier alpha value is -1.97. The molecule has 2 rings (SSSR count). The van der Waals surface area contributed by atoms with E-state index >= 15 is 0 Å². The van der Waals surface area contributed by atoms with Gasteiger partial charge in [-0.25, -0.2) is 0 Å². The molecule has 1 aromatic carbocycles. The first-order chi connectivity index (χ1) is 10.2. The highest BCUT2D eigenvalue weighted by molar-refractivity contribution is 5.99. The lowest BCUT2D eigenvalue weighted by Gasteiger charge is -2.13. The topological polar surface area (TPSA) is 44.8 Å². The molecule has 0 amide bonds. The summed E-state index contributed by atoms with van der Waals surface area (Å²) in [6.07, 6.45) is 6.62. The number of carbonyl (C=O) groups is 1. The minimum Gasteiger partial charge on any atom is -0.493 e. The summed E-state index contributed by atoms with van der Waals surface area (Å²) in [6.45, 7) is 0. The van der Waals surface area contributed by atoms with Gasteiger partial charge in [0.25, 0.3) is 0 Å². The van der Waals surface area contributed by atoms with E-state index in [-0.39, 0.29) is 5.78 Å². The number of hydrogen-bond acceptors (Lipinski definition) is 4.